The topological polar surface area (TPSA) is 18.5 Å². The fourth-order valence-electron chi connectivity index (χ4n) is 2.29. The van der Waals surface area contributed by atoms with Crippen molar-refractivity contribution in [3.8, 4) is 11.5 Å². The Morgan fingerprint density at radius 2 is 1.79 bits per heavy atom. The predicted octanol–water partition coefficient (Wildman–Crippen LogP) is 5.33. The normalized spacial score (nSPS) is 16.8. The molecule has 0 aromatic heterocycles. The molecule has 1 saturated carbocycles. The third kappa shape index (κ3) is 3.38. The van der Waals surface area contributed by atoms with Gasteiger partial charge in [-0.05, 0) is 50.3 Å². The number of halogens is 2. The molecule has 4 heteroatoms. The molecule has 1 aromatic rings. The lowest BCUT2D eigenvalue weighted by Gasteiger charge is -2.31. The van der Waals surface area contributed by atoms with Crippen molar-refractivity contribution in [2.75, 3.05) is 13.2 Å². The summed E-state index contributed by atoms with van der Waals surface area (Å²) in [7, 11) is 0. The van der Waals surface area contributed by atoms with E-state index >= 15 is 0 Å². The summed E-state index contributed by atoms with van der Waals surface area (Å²) in [6.45, 7) is 5.19. The first-order valence-corrected chi connectivity index (χ1v) is 8.13. The quantitative estimate of drug-likeness (QED) is 0.648. The molecular weight excluding hydrogens is 328 g/mol. The van der Waals surface area contributed by atoms with Gasteiger partial charge in [0.05, 0.1) is 18.6 Å². The van der Waals surface area contributed by atoms with Crippen molar-refractivity contribution >= 4 is 27.5 Å². The van der Waals surface area contributed by atoms with Crippen molar-refractivity contribution in [1.29, 1.82) is 0 Å². The van der Waals surface area contributed by atoms with E-state index in [9.17, 15) is 0 Å². The summed E-state index contributed by atoms with van der Waals surface area (Å²) in [4.78, 5) is 0. The second kappa shape index (κ2) is 6.85. The SMILES string of the molecule is CCOc1cc(Br)c(C(Cl)C2CCC2)cc1OCC. The van der Waals surface area contributed by atoms with Crippen molar-refractivity contribution < 1.29 is 9.47 Å². The minimum atomic E-state index is 0.0537. The molecule has 1 aliphatic rings. The molecule has 1 unspecified atom stereocenters. The maximum atomic E-state index is 6.59. The molecule has 19 heavy (non-hydrogen) atoms. The molecule has 2 nitrogen and oxygen atoms in total. The Kier molecular flexibility index (Phi) is 5.40. The van der Waals surface area contributed by atoms with Crippen LogP contribution in [0.15, 0.2) is 16.6 Å². The summed E-state index contributed by atoms with van der Waals surface area (Å²) in [5.74, 6) is 2.15. The average Bonchev–Trinajstić information content (AvgIpc) is 2.30. The fourth-order valence-corrected chi connectivity index (χ4v) is 3.42. The van der Waals surface area contributed by atoms with Gasteiger partial charge in [-0.3, -0.25) is 0 Å². The van der Waals surface area contributed by atoms with Crippen LogP contribution in [0.25, 0.3) is 0 Å². The summed E-state index contributed by atoms with van der Waals surface area (Å²) < 4.78 is 12.3. The van der Waals surface area contributed by atoms with Crippen molar-refractivity contribution in [3.63, 3.8) is 0 Å². The molecule has 0 radical (unpaired) electrons. The van der Waals surface area contributed by atoms with Crippen LogP contribution in [-0.4, -0.2) is 13.2 Å². The van der Waals surface area contributed by atoms with E-state index in [0.29, 0.717) is 19.1 Å². The van der Waals surface area contributed by atoms with Crippen molar-refractivity contribution in [2.24, 2.45) is 5.92 Å². The molecule has 0 spiro atoms. The molecule has 0 amide bonds. The van der Waals surface area contributed by atoms with E-state index < -0.39 is 0 Å². The number of hydrogen-bond acceptors (Lipinski definition) is 2. The van der Waals surface area contributed by atoms with Gasteiger partial charge in [0.1, 0.15) is 0 Å². The zero-order chi connectivity index (χ0) is 13.8. The van der Waals surface area contributed by atoms with Crippen molar-refractivity contribution in [2.45, 2.75) is 38.5 Å². The van der Waals surface area contributed by atoms with Gasteiger partial charge in [-0.1, -0.05) is 22.4 Å². The molecule has 1 fully saturated rings. The molecule has 0 heterocycles. The number of alkyl halides is 1. The van der Waals surface area contributed by atoms with Gasteiger partial charge in [-0.25, -0.2) is 0 Å². The lowest BCUT2D eigenvalue weighted by Crippen LogP contribution is -2.17. The largest absolute Gasteiger partial charge is 0.490 e. The van der Waals surface area contributed by atoms with Gasteiger partial charge in [0.2, 0.25) is 0 Å². The van der Waals surface area contributed by atoms with Gasteiger partial charge in [0.15, 0.2) is 11.5 Å². The maximum absolute atomic E-state index is 6.59. The van der Waals surface area contributed by atoms with Crippen LogP contribution in [0.5, 0.6) is 11.5 Å². The van der Waals surface area contributed by atoms with E-state index in [4.69, 9.17) is 21.1 Å². The van der Waals surface area contributed by atoms with Gasteiger partial charge in [-0.2, -0.15) is 0 Å². The Morgan fingerprint density at radius 3 is 2.26 bits per heavy atom. The summed E-state index contributed by atoms with van der Waals surface area (Å²) in [5, 5.41) is 0.0537. The summed E-state index contributed by atoms with van der Waals surface area (Å²) in [5.41, 5.74) is 1.11. The highest BCUT2D eigenvalue weighted by molar-refractivity contribution is 9.10. The van der Waals surface area contributed by atoms with Gasteiger partial charge >= 0.3 is 0 Å². The van der Waals surface area contributed by atoms with E-state index in [1.165, 1.54) is 19.3 Å². The number of ether oxygens (including phenoxy) is 2. The van der Waals surface area contributed by atoms with E-state index in [-0.39, 0.29) is 5.38 Å². The highest BCUT2D eigenvalue weighted by Gasteiger charge is 2.29. The van der Waals surface area contributed by atoms with Crippen LogP contribution in [0, 0.1) is 5.92 Å². The first kappa shape index (κ1) is 15.0. The zero-order valence-electron chi connectivity index (χ0n) is 11.4. The first-order chi connectivity index (χ1) is 9.17. The third-order valence-corrected chi connectivity index (χ3v) is 4.80. The Labute approximate surface area is 128 Å². The summed E-state index contributed by atoms with van der Waals surface area (Å²) in [6, 6.07) is 3.99. The van der Waals surface area contributed by atoms with Crippen molar-refractivity contribution in [3.05, 3.63) is 22.2 Å². The van der Waals surface area contributed by atoms with Crippen molar-refractivity contribution in [1.82, 2.24) is 0 Å². The van der Waals surface area contributed by atoms with Crippen LogP contribution in [0.1, 0.15) is 44.1 Å². The lowest BCUT2D eigenvalue weighted by atomic mass is 9.80. The summed E-state index contributed by atoms with van der Waals surface area (Å²) >= 11 is 10.2. The van der Waals surface area contributed by atoms with E-state index in [1.54, 1.807) is 0 Å². The van der Waals surface area contributed by atoms with Crippen LogP contribution in [0.3, 0.4) is 0 Å². The van der Waals surface area contributed by atoms with Crippen LogP contribution in [-0.2, 0) is 0 Å². The van der Waals surface area contributed by atoms with Crippen LogP contribution >= 0.6 is 27.5 Å². The lowest BCUT2D eigenvalue weighted by molar-refractivity contribution is 0.284. The first-order valence-electron chi connectivity index (χ1n) is 6.90. The number of benzene rings is 1. The van der Waals surface area contributed by atoms with E-state index in [1.807, 2.05) is 26.0 Å². The van der Waals surface area contributed by atoms with Crippen LogP contribution < -0.4 is 9.47 Å². The Balaban J connectivity index is 2.29. The molecule has 0 N–H and O–H groups in total. The Morgan fingerprint density at radius 1 is 1.21 bits per heavy atom. The molecule has 2 rings (SSSR count). The average molecular weight is 348 g/mol. The summed E-state index contributed by atoms with van der Waals surface area (Å²) in [6.07, 6.45) is 3.73. The monoisotopic (exact) mass is 346 g/mol. The molecule has 1 atom stereocenters. The van der Waals surface area contributed by atoms with Crippen LogP contribution in [0.4, 0.5) is 0 Å². The zero-order valence-corrected chi connectivity index (χ0v) is 13.8. The van der Waals surface area contributed by atoms with E-state index in [0.717, 1.165) is 21.5 Å². The van der Waals surface area contributed by atoms with Gasteiger partial charge in [0.25, 0.3) is 0 Å². The standard InChI is InChI=1S/C15H20BrClO2/c1-3-18-13-8-11(15(17)10-6-5-7-10)12(16)9-14(13)19-4-2/h8-10,15H,3-7H2,1-2H3. The van der Waals surface area contributed by atoms with E-state index in [2.05, 4.69) is 15.9 Å². The number of hydrogen-bond donors (Lipinski definition) is 0. The third-order valence-electron chi connectivity index (χ3n) is 3.52. The Hall–Kier alpha value is -0.410. The minimum absolute atomic E-state index is 0.0537. The highest BCUT2D eigenvalue weighted by Crippen LogP contribution is 2.46. The fraction of sp³-hybridized carbons (Fsp3) is 0.600. The van der Waals surface area contributed by atoms with Gasteiger partial charge in [-0.15, -0.1) is 11.6 Å². The molecule has 1 aliphatic carbocycles. The maximum Gasteiger partial charge on any atom is 0.162 e. The molecule has 106 valence electrons. The second-order valence-electron chi connectivity index (χ2n) is 4.78. The predicted molar refractivity (Wildman–Crippen MR) is 82.4 cm³/mol. The molecule has 0 saturated heterocycles. The minimum Gasteiger partial charge on any atom is -0.490 e. The molecule has 0 bridgehead atoms. The molecule has 1 aromatic carbocycles. The second-order valence-corrected chi connectivity index (χ2v) is 6.10. The van der Waals surface area contributed by atoms with Crippen LogP contribution in [0.2, 0.25) is 0 Å². The smallest absolute Gasteiger partial charge is 0.162 e. The highest BCUT2D eigenvalue weighted by atomic mass is 79.9. The van der Waals surface area contributed by atoms with Gasteiger partial charge < -0.3 is 9.47 Å². The molecular formula is C15H20BrClO2. The van der Waals surface area contributed by atoms with Gasteiger partial charge in [0, 0.05) is 4.47 Å². The Bertz CT molecular complexity index is 432. The molecule has 0 aliphatic heterocycles. The number of rotatable bonds is 6.